The molecule has 188 valence electrons. The van der Waals surface area contributed by atoms with Gasteiger partial charge in [-0.2, -0.15) is 22.8 Å². The molecule has 0 saturated heterocycles. The van der Waals surface area contributed by atoms with E-state index in [2.05, 4.69) is 20.4 Å². The van der Waals surface area contributed by atoms with Gasteiger partial charge in [-0.3, -0.25) is 14.2 Å². The first-order chi connectivity index (χ1) is 16.4. The van der Waals surface area contributed by atoms with Gasteiger partial charge in [0.15, 0.2) is 23.6 Å². The molecule has 0 radical (unpaired) electrons. The molecule has 0 saturated carbocycles. The number of carbonyl (C=O) groups excluding carboxylic acids is 1. The number of rotatable bonds is 7. The van der Waals surface area contributed by atoms with Gasteiger partial charge in [0, 0.05) is 12.7 Å². The number of halogens is 5. The summed E-state index contributed by atoms with van der Waals surface area (Å²) in [4.78, 5) is 42.8. The summed E-state index contributed by atoms with van der Waals surface area (Å²) in [5.74, 6) is -4.52. The van der Waals surface area contributed by atoms with Gasteiger partial charge in [0.1, 0.15) is 17.2 Å². The molecule has 0 aromatic carbocycles. The number of H-pyrrole nitrogens is 1. The Morgan fingerprint density at radius 2 is 2.06 bits per heavy atom. The van der Waals surface area contributed by atoms with Crippen molar-refractivity contribution in [2.75, 3.05) is 5.32 Å². The van der Waals surface area contributed by atoms with E-state index in [0.717, 1.165) is 10.8 Å². The van der Waals surface area contributed by atoms with Gasteiger partial charge in [0.2, 0.25) is 5.88 Å². The fraction of sp³-hybridized carbons (Fsp3) is 0.316. The molecule has 3 aromatic rings. The smallest absolute Gasteiger partial charge is 0.425 e. The van der Waals surface area contributed by atoms with E-state index < -0.39 is 64.1 Å². The van der Waals surface area contributed by atoms with Crippen molar-refractivity contribution >= 4 is 23.2 Å². The van der Waals surface area contributed by atoms with E-state index in [9.17, 15) is 37.1 Å². The maximum absolute atomic E-state index is 15.0. The number of aromatic amines is 1. The van der Waals surface area contributed by atoms with Crippen molar-refractivity contribution in [3.8, 4) is 11.7 Å². The van der Waals surface area contributed by atoms with Crippen molar-refractivity contribution in [2.24, 2.45) is 0 Å². The van der Waals surface area contributed by atoms with E-state index in [1.165, 1.54) is 6.07 Å². The van der Waals surface area contributed by atoms with Crippen molar-refractivity contribution in [1.82, 2.24) is 24.3 Å². The van der Waals surface area contributed by atoms with Crippen LogP contribution in [0.2, 0.25) is 5.02 Å². The third kappa shape index (κ3) is 5.19. The molecule has 0 fully saturated rings. The van der Waals surface area contributed by atoms with Crippen LogP contribution in [0.4, 0.5) is 23.2 Å². The SMILES string of the molecule is CCn1c(CO)nn(-c2nc(O[C@@H](C)C(F)(F)F)c(C(=O)Nc3cc[nH]c(=O)c3Cl)cc2F)c1=O. The van der Waals surface area contributed by atoms with Gasteiger partial charge in [0.05, 0.1) is 5.69 Å². The van der Waals surface area contributed by atoms with Gasteiger partial charge in [-0.1, -0.05) is 11.6 Å². The molecule has 0 unspecified atom stereocenters. The molecule has 0 spiro atoms. The van der Waals surface area contributed by atoms with E-state index >= 15 is 0 Å². The molecule has 35 heavy (non-hydrogen) atoms. The van der Waals surface area contributed by atoms with Crippen LogP contribution in [-0.2, 0) is 13.2 Å². The summed E-state index contributed by atoms with van der Waals surface area (Å²) in [6, 6.07) is 1.68. The zero-order chi connectivity index (χ0) is 26.1. The standard InChI is InChI=1S/C19H17ClF4N6O5/c1-3-29-12(7-31)28-30(18(29)34)14-10(21)6-9(17(27-14)35-8(2)19(22,23)24)15(32)26-11-4-5-25-16(33)13(11)20/h4-6,8,31H,3,7H2,1-2H3,(H2,25,26,32,33)/t8-/m0/s1. The van der Waals surface area contributed by atoms with Crippen LogP contribution in [0.3, 0.4) is 0 Å². The second kappa shape index (κ2) is 9.87. The number of pyridine rings is 2. The van der Waals surface area contributed by atoms with Crippen LogP contribution in [-0.4, -0.2) is 47.6 Å². The molecule has 3 N–H and O–H groups in total. The van der Waals surface area contributed by atoms with E-state index in [0.29, 0.717) is 17.7 Å². The van der Waals surface area contributed by atoms with Crippen molar-refractivity contribution < 1.29 is 32.2 Å². The van der Waals surface area contributed by atoms with Gasteiger partial charge in [-0.15, -0.1) is 5.10 Å². The summed E-state index contributed by atoms with van der Waals surface area (Å²) < 4.78 is 60.6. The first kappa shape index (κ1) is 25.9. The van der Waals surface area contributed by atoms with Gasteiger partial charge in [0.25, 0.3) is 11.5 Å². The van der Waals surface area contributed by atoms with Crippen LogP contribution < -0.4 is 21.3 Å². The molecule has 1 atom stereocenters. The maximum atomic E-state index is 15.0. The molecule has 1 amide bonds. The number of alkyl halides is 3. The highest BCUT2D eigenvalue weighted by Gasteiger charge is 2.39. The highest BCUT2D eigenvalue weighted by Crippen LogP contribution is 2.29. The number of ether oxygens (including phenoxy) is 1. The molecule has 11 nitrogen and oxygen atoms in total. The number of aromatic nitrogens is 5. The Balaban J connectivity index is 2.15. The lowest BCUT2D eigenvalue weighted by Crippen LogP contribution is -2.33. The predicted molar refractivity (Wildman–Crippen MR) is 113 cm³/mol. The van der Waals surface area contributed by atoms with Crippen LogP contribution in [0.5, 0.6) is 5.88 Å². The third-order valence-electron chi connectivity index (χ3n) is 4.66. The summed E-state index contributed by atoms with van der Waals surface area (Å²) >= 11 is 5.81. The summed E-state index contributed by atoms with van der Waals surface area (Å²) in [6.07, 6.45) is -6.23. The Labute approximate surface area is 197 Å². The number of aliphatic hydroxyl groups is 1. The number of nitrogens with one attached hydrogen (secondary N) is 2. The van der Waals surface area contributed by atoms with E-state index in [1.807, 2.05) is 0 Å². The molecular formula is C19H17ClF4N6O5. The largest absolute Gasteiger partial charge is 0.464 e. The molecule has 0 aliphatic rings. The predicted octanol–water partition coefficient (Wildman–Crippen LogP) is 2.00. The first-order valence-electron chi connectivity index (χ1n) is 9.81. The van der Waals surface area contributed by atoms with Crippen LogP contribution in [0.25, 0.3) is 5.82 Å². The normalized spacial score (nSPS) is 12.5. The highest BCUT2D eigenvalue weighted by atomic mass is 35.5. The quantitative estimate of drug-likeness (QED) is 0.404. The average Bonchev–Trinajstić information content (AvgIpc) is 3.12. The summed E-state index contributed by atoms with van der Waals surface area (Å²) in [5.41, 5.74) is -2.71. The second-order valence-electron chi connectivity index (χ2n) is 6.95. The minimum absolute atomic E-state index is 0.0439. The minimum atomic E-state index is -4.88. The molecule has 16 heteroatoms. The Bertz CT molecular complexity index is 1380. The molecule has 0 bridgehead atoms. The van der Waals surface area contributed by atoms with Gasteiger partial charge >= 0.3 is 11.9 Å². The second-order valence-corrected chi connectivity index (χ2v) is 7.33. The topological polar surface area (TPSA) is 144 Å². The Morgan fingerprint density at radius 1 is 1.37 bits per heavy atom. The molecule has 0 aliphatic carbocycles. The number of amides is 1. The van der Waals surface area contributed by atoms with Crippen molar-refractivity contribution in [1.29, 1.82) is 0 Å². The highest BCUT2D eigenvalue weighted by molar-refractivity contribution is 6.33. The molecular weight excluding hydrogens is 504 g/mol. The summed E-state index contributed by atoms with van der Waals surface area (Å²) in [6.45, 7) is 1.52. The summed E-state index contributed by atoms with van der Waals surface area (Å²) in [7, 11) is 0. The van der Waals surface area contributed by atoms with Crippen LogP contribution in [0.1, 0.15) is 30.0 Å². The van der Waals surface area contributed by atoms with Gasteiger partial charge in [-0.05, 0) is 26.0 Å². The van der Waals surface area contributed by atoms with E-state index in [-0.39, 0.29) is 18.1 Å². The number of carbonyl (C=O) groups is 1. The Hall–Kier alpha value is -3.72. The van der Waals surface area contributed by atoms with Crippen molar-refractivity contribution in [3.05, 3.63) is 61.4 Å². The Morgan fingerprint density at radius 3 is 2.63 bits per heavy atom. The number of anilines is 1. The lowest BCUT2D eigenvalue weighted by molar-refractivity contribution is -0.190. The average molecular weight is 521 g/mol. The zero-order valence-electron chi connectivity index (χ0n) is 18.0. The maximum Gasteiger partial charge on any atom is 0.425 e. The van der Waals surface area contributed by atoms with Gasteiger partial charge < -0.3 is 20.1 Å². The molecule has 0 aliphatic heterocycles. The van der Waals surface area contributed by atoms with Crippen molar-refractivity contribution in [2.45, 2.75) is 39.3 Å². The van der Waals surface area contributed by atoms with E-state index in [4.69, 9.17) is 16.3 Å². The van der Waals surface area contributed by atoms with Crippen LogP contribution in [0.15, 0.2) is 27.9 Å². The first-order valence-corrected chi connectivity index (χ1v) is 10.2. The molecule has 3 rings (SSSR count). The van der Waals surface area contributed by atoms with E-state index in [1.54, 1.807) is 6.92 Å². The minimum Gasteiger partial charge on any atom is -0.464 e. The number of hydrogen-bond donors (Lipinski definition) is 3. The fourth-order valence-corrected chi connectivity index (χ4v) is 3.02. The monoisotopic (exact) mass is 520 g/mol. The number of nitrogens with zero attached hydrogens (tertiary/aromatic N) is 4. The molecule has 3 heterocycles. The Kier molecular flexibility index (Phi) is 7.30. The molecule has 3 aromatic heterocycles. The van der Waals surface area contributed by atoms with Crippen LogP contribution >= 0.6 is 11.6 Å². The lowest BCUT2D eigenvalue weighted by Gasteiger charge is -2.19. The number of aliphatic hydroxyl groups excluding tert-OH is 1. The fourth-order valence-electron chi connectivity index (χ4n) is 2.85. The van der Waals surface area contributed by atoms with Crippen molar-refractivity contribution in [3.63, 3.8) is 0 Å². The third-order valence-corrected chi connectivity index (χ3v) is 5.04. The summed E-state index contributed by atoms with van der Waals surface area (Å²) in [5, 5.41) is 14.9. The van der Waals surface area contributed by atoms with Gasteiger partial charge in [-0.25, -0.2) is 9.18 Å². The lowest BCUT2D eigenvalue weighted by atomic mass is 10.2. The van der Waals surface area contributed by atoms with Crippen LogP contribution in [0, 0.1) is 5.82 Å². The number of hydrogen-bond acceptors (Lipinski definition) is 7. The zero-order valence-corrected chi connectivity index (χ0v) is 18.7.